The van der Waals surface area contributed by atoms with E-state index in [-0.39, 0.29) is 10.8 Å². The fraction of sp³-hybridized carbons (Fsp3) is 0.250. The first kappa shape index (κ1) is 14.0. The van der Waals surface area contributed by atoms with Crippen LogP contribution in [-0.2, 0) is 6.54 Å². The molecule has 1 nitrogen and oxygen atoms in total. The minimum atomic E-state index is -0.364. The van der Waals surface area contributed by atoms with Gasteiger partial charge in [0, 0.05) is 13.1 Å². The van der Waals surface area contributed by atoms with Crippen molar-refractivity contribution in [2.75, 3.05) is 6.54 Å². The molecule has 0 bridgehead atoms. The minimum Gasteiger partial charge on any atom is -0.312 e. The van der Waals surface area contributed by atoms with Crippen molar-refractivity contribution >= 4 is 11.6 Å². The van der Waals surface area contributed by atoms with Gasteiger partial charge in [0.15, 0.2) is 0 Å². The summed E-state index contributed by atoms with van der Waals surface area (Å²) in [4.78, 5) is 0. The molecule has 0 saturated heterocycles. The summed E-state index contributed by atoms with van der Waals surface area (Å²) in [7, 11) is 0. The number of halogens is 2. The zero-order valence-corrected chi connectivity index (χ0v) is 11.6. The van der Waals surface area contributed by atoms with Gasteiger partial charge in [0.05, 0.1) is 5.02 Å². The van der Waals surface area contributed by atoms with Crippen LogP contribution in [0.3, 0.4) is 0 Å². The first-order valence-corrected chi connectivity index (χ1v) is 6.75. The predicted molar refractivity (Wildman–Crippen MR) is 78.0 cm³/mol. The van der Waals surface area contributed by atoms with Crippen molar-refractivity contribution in [2.24, 2.45) is 0 Å². The summed E-state index contributed by atoms with van der Waals surface area (Å²) in [6.07, 6.45) is 0. The highest BCUT2D eigenvalue weighted by Crippen LogP contribution is 2.19. The van der Waals surface area contributed by atoms with Crippen LogP contribution in [0.2, 0.25) is 5.02 Å². The molecule has 1 unspecified atom stereocenters. The Labute approximate surface area is 118 Å². The monoisotopic (exact) mass is 277 g/mol. The molecule has 0 aromatic heterocycles. The third kappa shape index (κ3) is 3.79. The van der Waals surface area contributed by atoms with E-state index in [1.54, 1.807) is 6.07 Å². The summed E-state index contributed by atoms with van der Waals surface area (Å²) in [5.41, 5.74) is 2.09. The Morgan fingerprint density at radius 3 is 2.58 bits per heavy atom. The highest BCUT2D eigenvalue weighted by atomic mass is 35.5. The zero-order chi connectivity index (χ0) is 13.7. The summed E-state index contributed by atoms with van der Waals surface area (Å²) >= 11 is 5.91. The Hall–Kier alpha value is -1.38. The standard InChI is InChI=1S/C16H17ClFN/c1-12(13-6-3-2-4-7-13)10-19-11-14-8-5-9-15(18)16(14)17/h2-9,12,19H,10-11H2,1H3. The smallest absolute Gasteiger partial charge is 0.142 e. The van der Waals surface area contributed by atoms with Gasteiger partial charge in [0.2, 0.25) is 0 Å². The quantitative estimate of drug-likeness (QED) is 0.856. The molecule has 0 aliphatic rings. The molecule has 2 rings (SSSR count). The second-order valence-electron chi connectivity index (χ2n) is 4.66. The van der Waals surface area contributed by atoms with Gasteiger partial charge in [-0.1, -0.05) is 61.0 Å². The van der Waals surface area contributed by atoms with Gasteiger partial charge in [-0.15, -0.1) is 0 Å². The van der Waals surface area contributed by atoms with Gasteiger partial charge in [-0.25, -0.2) is 4.39 Å². The van der Waals surface area contributed by atoms with Crippen LogP contribution < -0.4 is 5.32 Å². The lowest BCUT2D eigenvalue weighted by Gasteiger charge is -2.13. The molecule has 2 aromatic rings. The first-order valence-electron chi connectivity index (χ1n) is 6.37. The third-order valence-electron chi connectivity index (χ3n) is 3.17. The second-order valence-corrected chi connectivity index (χ2v) is 5.03. The lowest BCUT2D eigenvalue weighted by Crippen LogP contribution is -2.19. The average molecular weight is 278 g/mol. The maximum Gasteiger partial charge on any atom is 0.142 e. The maximum absolute atomic E-state index is 13.3. The van der Waals surface area contributed by atoms with E-state index in [1.165, 1.54) is 11.6 Å². The van der Waals surface area contributed by atoms with Crippen molar-refractivity contribution < 1.29 is 4.39 Å². The van der Waals surface area contributed by atoms with Crippen molar-refractivity contribution in [3.63, 3.8) is 0 Å². The van der Waals surface area contributed by atoms with E-state index in [2.05, 4.69) is 24.4 Å². The van der Waals surface area contributed by atoms with Crippen LogP contribution in [0, 0.1) is 5.82 Å². The number of rotatable bonds is 5. The van der Waals surface area contributed by atoms with Crippen molar-refractivity contribution in [2.45, 2.75) is 19.4 Å². The van der Waals surface area contributed by atoms with E-state index in [0.29, 0.717) is 12.5 Å². The summed E-state index contributed by atoms with van der Waals surface area (Å²) in [6.45, 7) is 3.57. The van der Waals surface area contributed by atoms with Gasteiger partial charge >= 0.3 is 0 Å². The van der Waals surface area contributed by atoms with Crippen molar-refractivity contribution in [1.82, 2.24) is 5.32 Å². The topological polar surface area (TPSA) is 12.0 Å². The molecule has 0 aliphatic carbocycles. The largest absolute Gasteiger partial charge is 0.312 e. The Kier molecular flexibility index (Phi) is 4.94. The molecule has 19 heavy (non-hydrogen) atoms. The van der Waals surface area contributed by atoms with Crippen molar-refractivity contribution in [3.05, 3.63) is 70.5 Å². The fourth-order valence-electron chi connectivity index (χ4n) is 2.01. The minimum absolute atomic E-state index is 0.211. The van der Waals surface area contributed by atoms with Crippen LogP contribution >= 0.6 is 11.6 Å². The van der Waals surface area contributed by atoms with E-state index in [0.717, 1.165) is 12.1 Å². The highest BCUT2D eigenvalue weighted by Gasteiger charge is 2.07. The summed E-state index contributed by atoms with van der Waals surface area (Å²) in [5.74, 6) is 0.0469. The molecule has 2 aromatic carbocycles. The van der Waals surface area contributed by atoms with Crippen LogP contribution in [0.15, 0.2) is 48.5 Å². The predicted octanol–water partition coefficient (Wildman–Crippen LogP) is 4.37. The van der Waals surface area contributed by atoms with Crippen molar-refractivity contribution in [3.8, 4) is 0 Å². The van der Waals surface area contributed by atoms with Gasteiger partial charge < -0.3 is 5.32 Å². The van der Waals surface area contributed by atoms with E-state index >= 15 is 0 Å². The van der Waals surface area contributed by atoms with E-state index in [4.69, 9.17) is 11.6 Å². The molecule has 100 valence electrons. The van der Waals surface area contributed by atoms with Crippen molar-refractivity contribution in [1.29, 1.82) is 0 Å². The number of hydrogen-bond acceptors (Lipinski definition) is 1. The lowest BCUT2D eigenvalue weighted by atomic mass is 10.0. The average Bonchev–Trinajstić information content (AvgIpc) is 2.44. The van der Waals surface area contributed by atoms with Gasteiger partial charge in [0.25, 0.3) is 0 Å². The molecular weight excluding hydrogens is 261 g/mol. The van der Waals surface area contributed by atoms with Gasteiger partial charge in [-0.2, -0.15) is 0 Å². The van der Waals surface area contributed by atoms with Gasteiger partial charge in [-0.05, 0) is 23.1 Å². The molecule has 0 aliphatic heterocycles. The summed E-state index contributed by atoms with van der Waals surface area (Å²) in [5, 5.41) is 3.53. The zero-order valence-electron chi connectivity index (χ0n) is 10.9. The number of nitrogens with one attached hydrogen (secondary N) is 1. The van der Waals surface area contributed by atoms with Gasteiger partial charge in [-0.3, -0.25) is 0 Å². The Morgan fingerprint density at radius 1 is 1.11 bits per heavy atom. The molecule has 0 radical (unpaired) electrons. The van der Waals surface area contributed by atoms with Crippen LogP contribution in [0.1, 0.15) is 24.0 Å². The lowest BCUT2D eigenvalue weighted by molar-refractivity contribution is 0.603. The summed E-state index contributed by atoms with van der Waals surface area (Å²) < 4.78 is 13.3. The van der Waals surface area contributed by atoms with E-state index in [1.807, 2.05) is 24.3 Å². The van der Waals surface area contributed by atoms with Crippen LogP contribution in [0.4, 0.5) is 4.39 Å². The molecule has 1 atom stereocenters. The van der Waals surface area contributed by atoms with Crippen LogP contribution in [-0.4, -0.2) is 6.54 Å². The number of hydrogen-bond donors (Lipinski definition) is 1. The second kappa shape index (κ2) is 6.69. The Morgan fingerprint density at radius 2 is 1.84 bits per heavy atom. The first-order chi connectivity index (χ1) is 9.18. The van der Waals surface area contributed by atoms with Gasteiger partial charge in [0.1, 0.15) is 5.82 Å². The Bertz CT molecular complexity index is 528. The molecule has 0 amide bonds. The molecular formula is C16H17ClFN. The van der Waals surface area contributed by atoms with Crippen LogP contribution in [0.5, 0.6) is 0 Å². The normalized spacial score (nSPS) is 12.4. The number of benzene rings is 2. The van der Waals surface area contributed by atoms with Crippen LogP contribution in [0.25, 0.3) is 0 Å². The molecule has 1 N–H and O–H groups in total. The van der Waals surface area contributed by atoms with E-state index in [9.17, 15) is 4.39 Å². The SMILES string of the molecule is CC(CNCc1cccc(F)c1Cl)c1ccccc1. The molecule has 0 fully saturated rings. The Balaban J connectivity index is 1.88. The summed E-state index contributed by atoms with van der Waals surface area (Å²) in [6, 6.07) is 15.2. The molecule has 0 saturated carbocycles. The third-order valence-corrected chi connectivity index (χ3v) is 3.59. The maximum atomic E-state index is 13.3. The highest BCUT2D eigenvalue weighted by molar-refractivity contribution is 6.31. The fourth-order valence-corrected chi connectivity index (χ4v) is 2.20. The molecule has 0 heterocycles. The molecule has 0 spiro atoms. The molecule has 3 heteroatoms. The van der Waals surface area contributed by atoms with E-state index < -0.39 is 0 Å².